The van der Waals surface area contributed by atoms with Gasteiger partial charge < -0.3 is 20.3 Å². The van der Waals surface area contributed by atoms with E-state index in [1.54, 1.807) is 13.8 Å². The molecule has 0 aromatic carbocycles. The molecule has 6 nitrogen and oxygen atoms in total. The maximum Gasteiger partial charge on any atom is 0.573 e. The minimum atomic E-state index is -2.64. The summed E-state index contributed by atoms with van der Waals surface area (Å²) >= 11 is 0. The summed E-state index contributed by atoms with van der Waals surface area (Å²) in [5.74, 6) is 0. The molecule has 0 heterocycles. The summed E-state index contributed by atoms with van der Waals surface area (Å²) in [6.07, 6.45) is -0.313. The molecule has 0 rings (SSSR count). The molecule has 4 N–H and O–H groups in total. The van der Waals surface area contributed by atoms with Gasteiger partial charge in [0.05, 0.1) is 25.7 Å². The highest BCUT2D eigenvalue weighted by atomic mass is 31.1. The van der Waals surface area contributed by atoms with E-state index in [-0.39, 0.29) is 32.6 Å². The molecule has 0 radical (unpaired) electrons. The van der Waals surface area contributed by atoms with E-state index in [1.165, 1.54) is 0 Å². The van der Waals surface area contributed by atoms with Crippen molar-refractivity contribution < 1.29 is 24.0 Å². The van der Waals surface area contributed by atoms with Crippen molar-refractivity contribution in [2.24, 2.45) is 5.73 Å². The van der Waals surface area contributed by atoms with Gasteiger partial charge in [-0.15, -0.1) is 0 Å². The Balaban J connectivity index is 4.54. The van der Waals surface area contributed by atoms with E-state index in [0.717, 1.165) is 0 Å². The molecule has 16 heavy (non-hydrogen) atoms. The lowest BCUT2D eigenvalue weighted by atomic mass is 10.2. The van der Waals surface area contributed by atoms with Crippen molar-refractivity contribution >= 4 is 8.03 Å². The monoisotopic (exact) mass is 254 g/mol. The van der Waals surface area contributed by atoms with E-state index < -0.39 is 19.7 Å². The van der Waals surface area contributed by atoms with E-state index in [0.29, 0.717) is 0 Å². The topological polar surface area (TPSA) is 102 Å². The van der Waals surface area contributed by atoms with Crippen LogP contribution in [0.15, 0.2) is 0 Å². The fraction of sp³-hybridized carbons (Fsp3) is 1.00. The van der Waals surface area contributed by atoms with Crippen LogP contribution in [0.2, 0.25) is 0 Å². The SMILES string of the molecule is CCOC(CCC(O)CN)(OCC)[P+](=O)O. The normalized spacial score (nSPS) is 14.9. The molecule has 0 bridgehead atoms. The summed E-state index contributed by atoms with van der Waals surface area (Å²) in [5.41, 5.74) is 3.74. The van der Waals surface area contributed by atoms with Crippen molar-refractivity contribution in [3.05, 3.63) is 0 Å². The summed E-state index contributed by atoms with van der Waals surface area (Å²) < 4.78 is 21.7. The Morgan fingerprint density at radius 2 is 1.88 bits per heavy atom. The minimum Gasteiger partial charge on any atom is -0.392 e. The number of hydrogen-bond donors (Lipinski definition) is 3. The van der Waals surface area contributed by atoms with Crippen LogP contribution < -0.4 is 5.73 Å². The van der Waals surface area contributed by atoms with Gasteiger partial charge in [-0.1, -0.05) is 0 Å². The average Bonchev–Trinajstić information content (AvgIpc) is 2.25. The molecule has 7 heteroatoms. The standard InChI is InChI=1S/C9H20NO5P/c1-3-14-9(15-4-2,16(12)13)6-5-8(11)7-10/h8,11H,3-7,10H2,1-2H3/p+1. The third kappa shape index (κ3) is 4.82. The highest BCUT2D eigenvalue weighted by molar-refractivity contribution is 7.39. The van der Waals surface area contributed by atoms with Gasteiger partial charge in [-0.05, 0) is 24.8 Å². The molecule has 0 amide bonds. The molecule has 0 aromatic heterocycles. The van der Waals surface area contributed by atoms with Crippen molar-refractivity contribution in [3.8, 4) is 0 Å². The van der Waals surface area contributed by atoms with E-state index in [9.17, 15) is 14.6 Å². The third-order valence-electron chi connectivity index (χ3n) is 2.10. The Morgan fingerprint density at radius 1 is 1.38 bits per heavy atom. The maximum atomic E-state index is 11.3. The van der Waals surface area contributed by atoms with Crippen LogP contribution in [0.1, 0.15) is 26.7 Å². The summed E-state index contributed by atoms with van der Waals surface area (Å²) in [7, 11) is -2.64. The first kappa shape index (κ1) is 15.9. The van der Waals surface area contributed by atoms with Crippen molar-refractivity contribution in [1.82, 2.24) is 0 Å². The van der Waals surface area contributed by atoms with E-state index in [1.807, 2.05) is 0 Å². The van der Waals surface area contributed by atoms with E-state index >= 15 is 0 Å². The van der Waals surface area contributed by atoms with Gasteiger partial charge in [-0.3, -0.25) is 0 Å². The van der Waals surface area contributed by atoms with Crippen molar-refractivity contribution in [1.29, 1.82) is 0 Å². The summed E-state index contributed by atoms with van der Waals surface area (Å²) in [6, 6.07) is 0. The van der Waals surface area contributed by atoms with Gasteiger partial charge in [0, 0.05) is 6.54 Å². The lowest BCUT2D eigenvalue weighted by Crippen LogP contribution is -2.34. The van der Waals surface area contributed by atoms with Gasteiger partial charge in [-0.25, -0.2) is 0 Å². The Bertz CT molecular complexity index is 208. The van der Waals surface area contributed by atoms with Crippen LogP contribution in [0, 0.1) is 0 Å². The zero-order valence-electron chi connectivity index (χ0n) is 9.76. The number of aliphatic hydroxyl groups excluding tert-OH is 1. The predicted molar refractivity (Wildman–Crippen MR) is 60.1 cm³/mol. The third-order valence-corrected chi connectivity index (χ3v) is 3.16. The maximum absolute atomic E-state index is 11.3. The van der Waals surface area contributed by atoms with Crippen LogP contribution in [0.5, 0.6) is 0 Å². The highest BCUT2D eigenvalue weighted by Crippen LogP contribution is 2.41. The molecular weight excluding hydrogens is 233 g/mol. The van der Waals surface area contributed by atoms with Crippen molar-refractivity contribution in [2.45, 2.75) is 38.3 Å². The van der Waals surface area contributed by atoms with Gasteiger partial charge in [0.15, 0.2) is 0 Å². The van der Waals surface area contributed by atoms with Crippen LogP contribution in [0.25, 0.3) is 0 Å². The number of rotatable bonds is 9. The highest BCUT2D eigenvalue weighted by Gasteiger charge is 2.52. The Hall–Kier alpha value is -0.100. The first-order valence-corrected chi connectivity index (χ1v) is 6.55. The zero-order chi connectivity index (χ0) is 12.6. The smallest absolute Gasteiger partial charge is 0.392 e. The minimum absolute atomic E-state index is 0.108. The molecule has 0 aliphatic heterocycles. The fourth-order valence-electron chi connectivity index (χ4n) is 1.31. The lowest BCUT2D eigenvalue weighted by molar-refractivity contribution is -0.182. The van der Waals surface area contributed by atoms with Crippen LogP contribution in [0.3, 0.4) is 0 Å². The van der Waals surface area contributed by atoms with Crippen molar-refractivity contribution in [3.63, 3.8) is 0 Å². The molecule has 0 aliphatic rings. The van der Waals surface area contributed by atoms with Crippen LogP contribution in [-0.2, 0) is 14.0 Å². The van der Waals surface area contributed by atoms with E-state index in [4.69, 9.17) is 15.2 Å². The molecule has 0 spiro atoms. The molecule has 0 fully saturated rings. The predicted octanol–water partition coefficient (Wildman–Crippen LogP) is 0.548. The molecule has 2 unspecified atom stereocenters. The molecule has 0 aliphatic carbocycles. The number of aliphatic hydroxyl groups is 1. The molecule has 2 atom stereocenters. The molecule has 0 aromatic rings. The number of hydrogen-bond acceptors (Lipinski definition) is 5. The van der Waals surface area contributed by atoms with Gasteiger partial charge in [-0.2, -0.15) is 4.89 Å². The average molecular weight is 254 g/mol. The number of ether oxygens (including phenoxy) is 2. The second-order valence-electron chi connectivity index (χ2n) is 3.28. The Kier molecular flexibility index (Phi) is 8.01. The number of nitrogens with two attached hydrogens (primary N) is 1. The Morgan fingerprint density at radius 3 is 2.19 bits per heavy atom. The van der Waals surface area contributed by atoms with Crippen molar-refractivity contribution in [2.75, 3.05) is 19.8 Å². The van der Waals surface area contributed by atoms with Gasteiger partial charge in [0.2, 0.25) is 0 Å². The molecule has 0 saturated carbocycles. The van der Waals surface area contributed by atoms with Gasteiger partial charge in [0.1, 0.15) is 0 Å². The second-order valence-corrected chi connectivity index (χ2v) is 4.51. The lowest BCUT2D eigenvalue weighted by Gasteiger charge is -2.21. The summed E-state index contributed by atoms with van der Waals surface area (Å²) in [5, 5.41) is 9.33. The second kappa shape index (κ2) is 8.06. The summed E-state index contributed by atoms with van der Waals surface area (Å²) in [4.78, 5) is 9.26. The van der Waals surface area contributed by atoms with Crippen LogP contribution in [-0.4, -0.2) is 41.4 Å². The quantitative estimate of drug-likeness (QED) is 0.410. The molecule has 96 valence electrons. The summed E-state index contributed by atoms with van der Waals surface area (Å²) in [6.45, 7) is 4.06. The van der Waals surface area contributed by atoms with Gasteiger partial charge in [0.25, 0.3) is 0 Å². The van der Waals surface area contributed by atoms with Gasteiger partial charge >= 0.3 is 13.6 Å². The molecule has 0 saturated heterocycles. The largest absolute Gasteiger partial charge is 0.573 e. The van der Waals surface area contributed by atoms with Crippen LogP contribution >= 0.6 is 8.03 Å². The molecular formula is C9H21NO5P+. The first-order chi connectivity index (χ1) is 7.52. The first-order valence-electron chi connectivity index (χ1n) is 5.34. The zero-order valence-corrected chi connectivity index (χ0v) is 10.7. The fourth-order valence-corrected chi connectivity index (χ4v) is 2.11. The van der Waals surface area contributed by atoms with E-state index in [2.05, 4.69) is 0 Å². The van der Waals surface area contributed by atoms with Crippen LogP contribution in [0.4, 0.5) is 0 Å². The Labute approximate surface area is 96.6 Å².